The van der Waals surface area contributed by atoms with E-state index in [0.717, 1.165) is 59.0 Å². The van der Waals surface area contributed by atoms with Crippen molar-refractivity contribution < 1.29 is 40.7 Å². The summed E-state index contributed by atoms with van der Waals surface area (Å²) in [7, 11) is -4.70. The van der Waals surface area contributed by atoms with E-state index in [-0.39, 0.29) is 18.1 Å². The highest BCUT2D eigenvalue weighted by atomic mass is 28.5. The quantitative estimate of drug-likeness (QED) is 0.0569. The SMILES string of the molecule is CCCC[Si](C)(O[Si](C)(C)O[Si](C)(C)C)O[Si](C)(CCCCC(=O)[O-])O[Si](C)(C)C.C[N+](C)(C)CCNC(=O)CCc1ccc(O)c(-n2nc3ccccc3n2)c1. The van der Waals surface area contributed by atoms with Crippen LogP contribution < -0.4 is 10.4 Å². The number of nitrogens with one attached hydrogen (secondary N) is 1. The highest BCUT2D eigenvalue weighted by Crippen LogP contribution is 2.32. The zero-order valence-electron chi connectivity index (χ0n) is 37.4. The molecule has 2 atom stereocenters. The molecule has 2 N–H and O–H groups in total. The fraction of sp³-hybridized carbons (Fsp3) is 0.641. The van der Waals surface area contributed by atoms with Gasteiger partial charge in [0.2, 0.25) is 5.91 Å². The Morgan fingerprint density at radius 2 is 1.33 bits per heavy atom. The maximum atomic E-state index is 12.0. The minimum absolute atomic E-state index is 0.0287. The van der Waals surface area contributed by atoms with E-state index in [4.69, 9.17) is 16.5 Å². The van der Waals surface area contributed by atoms with E-state index in [1.54, 1.807) is 6.07 Å². The van der Waals surface area contributed by atoms with E-state index in [9.17, 15) is 19.8 Å². The fourth-order valence-electron chi connectivity index (χ4n) is 6.57. The number of phenols is 1. The molecule has 322 valence electrons. The standard InChI is InChI=1S/C20H25N5O2.C19H48O6Si5/c1-25(2,3)13-12-21-20(27)11-9-15-8-10-19(26)18(14-15)24-22-16-6-4-5-7-17(16)23-24;1-12-13-17-30(11,24-28(8,9)22-26(2,3)4)25-29(10,23-27(5,6)7)18-15-14-16-19(20)21/h4-8,10,14H,9,11-13H2,1-3H3,(H-,21,26,27);12-18H2,1-11H3,(H,20,21). The molecular weight excluding hydrogens is 807 g/mol. The van der Waals surface area contributed by atoms with Crippen molar-refractivity contribution in [2.24, 2.45) is 0 Å². The van der Waals surface area contributed by atoms with E-state index < -0.39 is 48.3 Å². The highest BCUT2D eigenvalue weighted by Gasteiger charge is 2.48. The number of carboxylic acids is 1. The number of rotatable bonds is 23. The summed E-state index contributed by atoms with van der Waals surface area (Å²) < 4.78 is 27.7. The summed E-state index contributed by atoms with van der Waals surface area (Å²) in [5.41, 5.74) is 2.98. The second-order valence-electron chi connectivity index (χ2n) is 18.6. The zero-order chi connectivity index (χ0) is 43.3. The third kappa shape index (κ3) is 20.8. The van der Waals surface area contributed by atoms with E-state index in [1.165, 1.54) is 4.80 Å². The van der Waals surface area contributed by atoms with Gasteiger partial charge in [0.25, 0.3) is 0 Å². The van der Waals surface area contributed by atoms with Crippen LogP contribution in [0.3, 0.4) is 0 Å². The molecule has 0 saturated heterocycles. The van der Waals surface area contributed by atoms with Crippen LogP contribution in [0.2, 0.25) is 77.6 Å². The minimum atomic E-state index is -2.54. The van der Waals surface area contributed by atoms with Crippen molar-refractivity contribution in [2.75, 3.05) is 34.2 Å². The van der Waals surface area contributed by atoms with Gasteiger partial charge in [0.1, 0.15) is 22.5 Å². The van der Waals surface area contributed by atoms with Crippen LogP contribution in [0.15, 0.2) is 42.5 Å². The van der Waals surface area contributed by atoms with Crippen LogP contribution in [0.4, 0.5) is 0 Å². The Labute approximate surface area is 348 Å². The lowest BCUT2D eigenvalue weighted by atomic mass is 10.1. The van der Waals surface area contributed by atoms with Crippen LogP contribution in [0, 0.1) is 0 Å². The number of aromatic hydroxyl groups is 1. The number of carbonyl (C=O) groups excluding carboxylic acids is 2. The average molecular weight is 880 g/mol. The number of amides is 1. The molecule has 1 heterocycles. The molecule has 1 amide bonds. The highest BCUT2D eigenvalue weighted by molar-refractivity contribution is 6.90. The molecule has 0 bridgehead atoms. The largest absolute Gasteiger partial charge is 0.550 e. The number of nitrogens with zero attached hydrogens (tertiary/aromatic N) is 4. The second-order valence-corrected chi connectivity index (χ2v) is 38.7. The summed E-state index contributed by atoms with van der Waals surface area (Å²) in [5.74, 6) is -0.861. The van der Waals surface area contributed by atoms with Gasteiger partial charge in [0.15, 0.2) is 16.6 Å². The lowest BCUT2D eigenvalue weighted by Crippen LogP contribution is -2.60. The molecule has 2 aromatic carbocycles. The topological polar surface area (TPSA) is 157 Å². The molecule has 0 fully saturated rings. The molecule has 0 saturated carbocycles. The predicted octanol–water partition coefficient (Wildman–Crippen LogP) is 7.17. The number of carboxylic acid groups (broad SMARTS) is 1. The van der Waals surface area contributed by atoms with Crippen LogP contribution in [0.5, 0.6) is 5.75 Å². The van der Waals surface area contributed by atoms with Gasteiger partial charge >= 0.3 is 25.7 Å². The lowest BCUT2D eigenvalue weighted by molar-refractivity contribution is -0.869. The van der Waals surface area contributed by atoms with E-state index in [0.29, 0.717) is 31.5 Å². The number of unbranched alkanes of at least 4 members (excludes halogenated alkanes) is 2. The number of aryl methyl sites for hydroxylation is 1. The van der Waals surface area contributed by atoms with Crippen LogP contribution in [0.1, 0.15) is 51.0 Å². The Hall–Kier alpha value is -2.54. The molecule has 0 aliphatic carbocycles. The normalized spacial score (nSPS) is 14.7. The number of likely N-dealkylation sites (N-methyl/N-ethyl adjacent to an activating group) is 1. The first kappa shape index (κ1) is 50.6. The van der Waals surface area contributed by atoms with Crippen LogP contribution in [-0.4, -0.2) is 113 Å². The van der Waals surface area contributed by atoms with Crippen LogP contribution in [0.25, 0.3) is 16.7 Å². The van der Waals surface area contributed by atoms with E-state index in [2.05, 4.69) is 109 Å². The third-order valence-electron chi connectivity index (χ3n) is 8.50. The number of benzene rings is 2. The molecule has 0 spiro atoms. The maximum absolute atomic E-state index is 12.0. The zero-order valence-corrected chi connectivity index (χ0v) is 42.4. The fourth-order valence-corrected chi connectivity index (χ4v) is 30.6. The number of hydrogen-bond donors (Lipinski definition) is 2. The first-order valence-electron chi connectivity index (χ1n) is 20.3. The molecule has 2 unspecified atom stereocenters. The monoisotopic (exact) mass is 879 g/mol. The second kappa shape index (κ2) is 21.6. The summed E-state index contributed by atoms with van der Waals surface area (Å²) in [4.78, 5) is 24.3. The van der Waals surface area contributed by atoms with Crippen molar-refractivity contribution in [1.29, 1.82) is 0 Å². The van der Waals surface area contributed by atoms with Gasteiger partial charge in [-0.3, -0.25) is 4.79 Å². The van der Waals surface area contributed by atoms with E-state index >= 15 is 0 Å². The summed E-state index contributed by atoms with van der Waals surface area (Å²) in [6, 6.07) is 14.5. The van der Waals surface area contributed by atoms with Gasteiger partial charge in [-0.1, -0.05) is 44.4 Å². The van der Waals surface area contributed by atoms with Crippen LogP contribution >= 0.6 is 0 Å². The molecule has 0 aliphatic heterocycles. The first-order valence-corrected chi connectivity index (χ1v) is 35.0. The number of carbonyl (C=O) groups is 2. The Morgan fingerprint density at radius 3 is 1.86 bits per heavy atom. The number of hydrogen-bond acceptors (Lipinski definition) is 10. The van der Waals surface area contributed by atoms with Gasteiger partial charge in [0.05, 0.1) is 34.2 Å². The molecule has 1 aromatic heterocycles. The summed E-state index contributed by atoms with van der Waals surface area (Å²) in [6.45, 7) is 25.4. The number of fused-ring (bicyclic) bond motifs is 1. The minimum Gasteiger partial charge on any atom is -0.550 e. The molecule has 0 radical (unpaired) electrons. The summed E-state index contributed by atoms with van der Waals surface area (Å²) in [6.07, 6.45) is 4.58. The maximum Gasteiger partial charge on any atom is 0.317 e. The van der Waals surface area contributed by atoms with Crippen molar-refractivity contribution in [2.45, 2.75) is 129 Å². The summed E-state index contributed by atoms with van der Waals surface area (Å²) in [5, 5.41) is 32.8. The molecular formula is C39H73N5O8Si5. The predicted molar refractivity (Wildman–Crippen MR) is 240 cm³/mol. The molecule has 0 aliphatic rings. The van der Waals surface area contributed by atoms with Crippen molar-refractivity contribution in [1.82, 2.24) is 20.3 Å². The van der Waals surface area contributed by atoms with Crippen molar-refractivity contribution in [3.8, 4) is 11.4 Å². The molecule has 3 rings (SSSR count). The van der Waals surface area contributed by atoms with Gasteiger partial charge in [-0.15, -0.1) is 15.0 Å². The number of phenolic OH excluding ortho intramolecular Hbond substituents is 1. The number of quaternary nitrogens is 1. The van der Waals surface area contributed by atoms with Gasteiger partial charge in [-0.05, 0) is 127 Å². The number of aliphatic carboxylic acids is 1. The Morgan fingerprint density at radius 1 is 0.772 bits per heavy atom. The van der Waals surface area contributed by atoms with Gasteiger partial charge < -0.3 is 41.3 Å². The smallest absolute Gasteiger partial charge is 0.317 e. The molecule has 13 nitrogen and oxygen atoms in total. The third-order valence-corrected chi connectivity index (χ3v) is 26.8. The van der Waals surface area contributed by atoms with Crippen molar-refractivity contribution in [3.05, 3.63) is 48.0 Å². The molecule has 18 heteroatoms. The number of aromatic nitrogens is 3. The Bertz CT molecular complexity index is 1690. The van der Waals surface area contributed by atoms with Crippen molar-refractivity contribution in [3.63, 3.8) is 0 Å². The lowest BCUT2D eigenvalue weighted by Gasteiger charge is -2.44. The van der Waals surface area contributed by atoms with Crippen LogP contribution in [-0.2, 0) is 32.5 Å². The van der Waals surface area contributed by atoms with Gasteiger partial charge in [-0.2, -0.15) is 0 Å². The molecule has 3 aromatic rings. The van der Waals surface area contributed by atoms with Gasteiger partial charge in [-0.25, -0.2) is 0 Å². The summed E-state index contributed by atoms with van der Waals surface area (Å²) >= 11 is 0. The van der Waals surface area contributed by atoms with Crippen molar-refractivity contribution >= 4 is 65.2 Å². The average Bonchev–Trinajstić information content (AvgIpc) is 3.47. The Kier molecular flexibility index (Phi) is 19.2. The van der Waals surface area contributed by atoms with Gasteiger partial charge in [0, 0.05) is 12.4 Å². The Balaban J connectivity index is 0.000000395. The first-order chi connectivity index (χ1) is 26.1. The molecule has 57 heavy (non-hydrogen) atoms. The van der Waals surface area contributed by atoms with E-state index in [1.807, 2.05) is 36.4 Å².